The van der Waals surface area contributed by atoms with Crippen molar-refractivity contribution in [3.05, 3.63) is 0 Å². The molecule has 0 spiro atoms. The molecule has 0 fully saturated rings. The molecule has 0 aliphatic heterocycles. The van der Waals surface area contributed by atoms with Crippen molar-refractivity contribution in [1.82, 2.24) is 0 Å². The van der Waals surface area contributed by atoms with Gasteiger partial charge in [-0.05, 0) is 0 Å². The van der Waals surface area contributed by atoms with Crippen molar-refractivity contribution in [1.29, 1.82) is 0 Å². The molecule has 0 saturated heterocycles. The fourth-order valence-corrected chi connectivity index (χ4v) is 0. The first-order valence-electron chi connectivity index (χ1n) is 0.873. The Kier molecular flexibility index (Phi) is 158. The van der Waals surface area contributed by atoms with Crippen LogP contribution in [-0.2, 0) is 0 Å². The van der Waals surface area contributed by atoms with Gasteiger partial charge in [0, 0.05) is 0 Å². The van der Waals surface area contributed by atoms with Crippen LogP contribution >= 0.6 is 0 Å². The van der Waals surface area contributed by atoms with Gasteiger partial charge in [0.15, 0.2) is 0 Å². The SMILES string of the molecule is F[B-](F)(F)F.O.O.O.O.O.O.[H+]. The largest absolute Gasteiger partial charge is 1.00 e. The standard InChI is InChI=1S/BF4.6H2O/c2-1(3,4)5;;;;;;/h;6*1H2/q-1;;;;;;/p+1. The second-order valence-corrected chi connectivity index (χ2v) is 0.495. The molecule has 80 valence electrons. The molecule has 0 aromatic carbocycles. The number of hydrogen-bond donors (Lipinski definition) is 0. The van der Waals surface area contributed by atoms with Crippen LogP contribution in [0, 0.1) is 0 Å². The highest BCUT2D eigenvalue weighted by molar-refractivity contribution is 6.50. The molecule has 12 N–H and O–H groups in total. The molecule has 0 bridgehead atoms. The predicted molar refractivity (Wildman–Crippen MR) is 33.0 cm³/mol. The van der Waals surface area contributed by atoms with E-state index in [0.29, 0.717) is 0 Å². The average molecular weight is 196 g/mol. The molecule has 11 heteroatoms. The fourth-order valence-electron chi connectivity index (χ4n) is 0. The third kappa shape index (κ3) is 2620. The van der Waals surface area contributed by atoms with E-state index in [9.17, 15) is 17.3 Å². The van der Waals surface area contributed by atoms with Crippen molar-refractivity contribution >= 4 is 7.25 Å². The minimum Gasteiger partial charge on any atom is -0.418 e. The van der Waals surface area contributed by atoms with Gasteiger partial charge < -0.3 is 50.1 Å². The fraction of sp³-hybridized carbons (Fsp3) is 0. The van der Waals surface area contributed by atoms with Crippen molar-refractivity contribution in [2.45, 2.75) is 0 Å². The second-order valence-electron chi connectivity index (χ2n) is 0.495. The molecule has 0 aliphatic rings. The average Bonchev–Trinajstić information content (AvgIpc) is 0.722. The van der Waals surface area contributed by atoms with E-state index < -0.39 is 7.25 Å². The Morgan fingerprint density at radius 2 is 0.545 bits per heavy atom. The third-order valence-electron chi connectivity index (χ3n) is 0. The van der Waals surface area contributed by atoms with E-state index in [4.69, 9.17) is 0 Å². The zero-order valence-corrected chi connectivity index (χ0v) is 5.09. The van der Waals surface area contributed by atoms with E-state index in [2.05, 4.69) is 0 Å². The maximum Gasteiger partial charge on any atom is 1.00 e. The van der Waals surface area contributed by atoms with Crippen LogP contribution in [0.3, 0.4) is 0 Å². The van der Waals surface area contributed by atoms with E-state index in [1.807, 2.05) is 0 Å². The van der Waals surface area contributed by atoms with E-state index in [0.717, 1.165) is 0 Å². The molecule has 0 radical (unpaired) electrons. The van der Waals surface area contributed by atoms with Crippen LogP contribution in [0.25, 0.3) is 0 Å². The zero-order chi connectivity index (χ0) is 4.50. The Hall–Kier alpha value is -0.455. The molecule has 0 saturated carbocycles. The predicted octanol–water partition coefficient (Wildman–Crippen LogP) is -3.54. The van der Waals surface area contributed by atoms with Gasteiger partial charge in [0.25, 0.3) is 0 Å². The van der Waals surface area contributed by atoms with E-state index in [-0.39, 0.29) is 34.3 Å². The van der Waals surface area contributed by atoms with Gasteiger partial charge in [-0.2, -0.15) is 0 Å². The molecule has 11 heavy (non-hydrogen) atoms. The van der Waals surface area contributed by atoms with Crippen molar-refractivity contribution in [3.63, 3.8) is 0 Å². The summed E-state index contributed by atoms with van der Waals surface area (Å²) < 4.78 is 39.0. The van der Waals surface area contributed by atoms with Gasteiger partial charge >= 0.3 is 8.68 Å². The van der Waals surface area contributed by atoms with E-state index >= 15 is 0 Å². The van der Waals surface area contributed by atoms with Gasteiger partial charge in [0.05, 0.1) is 0 Å². The number of rotatable bonds is 0. The maximum absolute atomic E-state index is 9.75. The summed E-state index contributed by atoms with van der Waals surface area (Å²) in [6.07, 6.45) is 0. The van der Waals surface area contributed by atoms with Gasteiger partial charge in [-0.25, -0.2) is 0 Å². The quantitative estimate of drug-likeness (QED) is 0.274. The second kappa shape index (κ2) is 22.7. The Balaban J connectivity index is -0.00000000381. The summed E-state index contributed by atoms with van der Waals surface area (Å²) in [4.78, 5) is 0. The van der Waals surface area contributed by atoms with Gasteiger partial charge in [-0.15, -0.1) is 0 Å². The molecule has 6 nitrogen and oxygen atoms in total. The highest BCUT2D eigenvalue weighted by atomic mass is 19.5. The van der Waals surface area contributed by atoms with Gasteiger partial charge in [-0.1, -0.05) is 0 Å². The highest BCUT2D eigenvalue weighted by Crippen LogP contribution is 2.06. The maximum atomic E-state index is 9.75. The summed E-state index contributed by atoms with van der Waals surface area (Å²) in [5.41, 5.74) is 0. The molecule has 0 rings (SSSR count). The van der Waals surface area contributed by atoms with Gasteiger partial charge in [0.2, 0.25) is 0 Å². The van der Waals surface area contributed by atoms with Crippen molar-refractivity contribution < 1.29 is 51.5 Å². The molecule has 0 atom stereocenters. The van der Waals surface area contributed by atoms with E-state index in [1.165, 1.54) is 0 Å². The summed E-state index contributed by atoms with van der Waals surface area (Å²) in [5, 5.41) is 0. The van der Waals surface area contributed by atoms with Crippen molar-refractivity contribution in [3.8, 4) is 0 Å². The van der Waals surface area contributed by atoms with Crippen LogP contribution in [0.1, 0.15) is 1.43 Å². The summed E-state index contributed by atoms with van der Waals surface area (Å²) in [6.45, 7) is 0. The molecule has 0 aliphatic carbocycles. The molecule has 0 aromatic rings. The Bertz CT molecular complexity index is 35.0. The van der Waals surface area contributed by atoms with Crippen molar-refractivity contribution in [2.24, 2.45) is 0 Å². The van der Waals surface area contributed by atoms with Gasteiger partial charge in [-0.3, -0.25) is 0 Å². The molecular weight excluding hydrogens is 183 g/mol. The highest BCUT2D eigenvalue weighted by Gasteiger charge is 2.20. The summed E-state index contributed by atoms with van der Waals surface area (Å²) in [6, 6.07) is 0. The minimum absolute atomic E-state index is 0. The van der Waals surface area contributed by atoms with E-state index in [1.54, 1.807) is 0 Å². The lowest BCUT2D eigenvalue weighted by Crippen LogP contribution is -2.02. The first kappa shape index (κ1) is 76.4. The lowest BCUT2D eigenvalue weighted by atomic mass is 10.3. The molecule has 0 heterocycles. The summed E-state index contributed by atoms with van der Waals surface area (Å²) in [7, 11) is -6.00. The minimum atomic E-state index is -6.00. The first-order chi connectivity index (χ1) is 2.00. The lowest BCUT2D eigenvalue weighted by Gasteiger charge is -1.94. The summed E-state index contributed by atoms with van der Waals surface area (Å²) in [5.74, 6) is 0. The number of halogens is 4. The zero-order valence-electron chi connectivity index (χ0n) is 6.09. The first-order valence-corrected chi connectivity index (χ1v) is 0.873. The van der Waals surface area contributed by atoms with Crippen molar-refractivity contribution in [2.75, 3.05) is 0 Å². The topological polar surface area (TPSA) is 189 Å². The van der Waals surface area contributed by atoms with Crippen LogP contribution in [0.5, 0.6) is 0 Å². The Morgan fingerprint density at radius 3 is 0.545 bits per heavy atom. The van der Waals surface area contributed by atoms with Crippen LogP contribution in [0.15, 0.2) is 0 Å². The lowest BCUT2D eigenvalue weighted by molar-refractivity contribution is 0.368. The summed E-state index contributed by atoms with van der Waals surface area (Å²) >= 11 is 0. The normalized spacial score (nSPS) is 5.45. The van der Waals surface area contributed by atoms with Crippen LogP contribution in [0.2, 0.25) is 0 Å². The van der Waals surface area contributed by atoms with Crippen LogP contribution in [-0.4, -0.2) is 40.1 Å². The van der Waals surface area contributed by atoms with Crippen LogP contribution in [0.4, 0.5) is 17.3 Å². The molecule has 0 aromatic heterocycles. The monoisotopic (exact) mass is 196 g/mol. The Morgan fingerprint density at radius 1 is 0.545 bits per heavy atom. The van der Waals surface area contributed by atoms with Gasteiger partial charge in [0.1, 0.15) is 0 Å². The Labute approximate surface area is 60.3 Å². The molecular formula is H13BF4O6. The number of hydrogen-bond acceptors (Lipinski definition) is 0. The smallest absolute Gasteiger partial charge is 0.418 e. The van der Waals surface area contributed by atoms with Crippen LogP contribution < -0.4 is 0 Å². The molecule has 0 amide bonds. The third-order valence-corrected chi connectivity index (χ3v) is 0. The molecule has 0 unspecified atom stereocenters.